The van der Waals surface area contributed by atoms with Gasteiger partial charge in [0.1, 0.15) is 0 Å². The van der Waals surface area contributed by atoms with Crippen molar-refractivity contribution in [1.82, 2.24) is 9.97 Å². The summed E-state index contributed by atoms with van der Waals surface area (Å²) in [5.74, 6) is -2.85. The van der Waals surface area contributed by atoms with E-state index in [0.717, 1.165) is 12.5 Å². The van der Waals surface area contributed by atoms with Gasteiger partial charge in [-0.1, -0.05) is 13.8 Å². The van der Waals surface area contributed by atoms with Crippen LogP contribution in [0.1, 0.15) is 26.3 Å². The van der Waals surface area contributed by atoms with Gasteiger partial charge in [0, 0.05) is 19.3 Å². The smallest absolute Gasteiger partial charge is 0.316 e. The molecule has 0 saturated carbocycles. The van der Waals surface area contributed by atoms with E-state index in [0.29, 0.717) is 0 Å². The van der Waals surface area contributed by atoms with Crippen molar-refractivity contribution in [2.45, 2.75) is 33.6 Å². The number of aromatic nitrogens is 2. The van der Waals surface area contributed by atoms with E-state index in [2.05, 4.69) is 14.7 Å². The third kappa shape index (κ3) is 6.76. The SMILES string of the molecule is CC.Cc1cnc(OCC(C)(F)F)nc1. The van der Waals surface area contributed by atoms with Crippen LogP contribution in [0.3, 0.4) is 0 Å². The van der Waals surface area contributed by atoms with Crippen molar-refractivity contribution < 1.29 is 13.5 Å². The minimum Gasteiger partial charge on any atom is -0.457 e. The summed E-state index contributed by atoms with van der Waals surface area (Å²) < 4.78 is 29.3. The molecule has 1 rings (SSSR count). The molecule has 0 aromatic carbocycles. The lowest BCUT2D eigenvalue weighted by molar-refractivity contribution is -0.0256. The molecule has 0 aliphatic carbocycles. The predicted molar refractivity (Wildman–Crippen MR) is 54.2 cm³/mol. The van der Waals surface area contributed by atoms with Gasteiger partial charge in [0.2, 0.25) is 0 Å². The molecule has 0 unspecified atom stereocenters. The van der Waals surface area contributed by atoms with Crippen molar-refractivity contribution >= 4 is 0 Å². The Kier molecular flexibility index (Phi) is 5.74. The second kappa shape index (κ2) is 6.27. The molecule has 1 heterocycles. The van der Waals surface area contributed by atoms with E-state index < -0.39 is 12.5 Å². The van der Waals surface area contributed by atoms with Gasteiger partial charge in [-0.25, -0.2) is 18.7 Å². The number of ether oxygens (including phenoxy) is 1. The molecule has 0 spiro atoms. The minimum absolute atomic E-state index is 0.0212. The second-order valence-electron chi connectivity index (χ2n) is 2.90. The number of halogens is 2. The summed E-state index contributed by atoms with van der Waals surface area (Å²) in [7, 11) is 0. The first-order chi connectivity index (χ1) is 6.97. The lowest BCUT2D eigenvalue weighted by Gasteiger charge is -2.09. The van der Waals surface area contributed by atoms with Gasteiger partial charge in [0.25, 0.3) is 5.92 Å². The quantitative estimate of drug-likeness (QED) is 0.782. The summed E-state index contributed by atoms with van der Waals surface area (Å²) >= 11 is 0. The van der Waals surface area contributed by atoms with Gasteiger partial charge in [0.15, 0.2) is 6.61 Å². The van der Waals surface area contributed by atoms with Crippen LogP contribution in [-0.2, 0) is 0 Å². The number of hydrogen-bond acceptors (Lipinski definition) is 3. The maximum absolute atomic E-state index is 12.3. The maximum atomic E-state index is 12.3. The summed E-state index contributed by atoms with van der Waals surface area (Å²) in [6.07, 6.45) is 3.02. The highest BCUT2D eigenvalue weighted by molar-refractivity contribution is 5.04. The van der Waals surface area contributed by atoms with E-state index in [4.69, 9.17) is 0 Å². The monoisotopic (exact) mass is 218 g/mol. The van der Waals surface area contributed by atoms with Crippen molar-refractivity contribution in [1.29, 1.82) is 0 Å². The first kappa shape index (κ1) is 13.7. The van der Waals surface area contributed by atoms with Gasteiger partial charge in [-0.2, -0.15) is 0 Å². The molecule has 0 atom stereocenters. The van der Waals surface area contributed by atoms with Gasteiger partial charge >= 0.3 is 6.01 Å². The van der Waals surface area contributed by atoms with Crippen LogP contribution >= 0.6 is 0 Å². The fourth-order valence-corrected chi connectivity index (χ4v) is 0.647. The van der Waals surface area contributed by atoms with E-state index >= 15 is 0 Å². The summed E-state index contributed by atoms with van der Waals surface area (Å²) in [5.41, 5.74) is 0.857. The molecule has 1 aromatic heterocycles. The Labute approximate surface area is 88.5 Å². The highest BCUT2D eigenvalue weighted by Crippen LogP contribution is 2.12. The van der Waals surface area contributed by atoms with Gasteiger partial charge in [0.05, 0.1) is 0 Å². The lowest BCUT2D eigenvalue weighted by Crippen LogP contribution is -2.21. The normalized spacial score (nSPS) is 10.3. The maximum Gasteiger partial charge on any atom is 0.316 e. The molecule has 1 aromatic rings. The molecule has 15 heavy (non-hydrogen) atoms. The second-order valence-corrected chi connectivity index (χ2v) is 2.90. The van der Waals surface area contributed by atoms with Crippen molar-refractivity contribution in [3.63, 3.8) is 0 Å². The molecule has 0 N–H and O–H groups in total. The minimum atomic E-state index is -2.85. The van der Waals surface area contributed by atoms with Crippen molar-refractivity contribution in [2.24, 2.45) is 0 Å². The fourth-order valence-electron chi connectivity index (χ4n) is 0.647. The average Bonchev–Trinajstić information content (AvgIpc) is 2.19. The Morgan fingerprint density at radius 2 is 1.73 bits per heavy atom. The highest BCUT2D eigenvalue weighted by Gasteiger charge is 2.22. The standard InChI is InChI=1S/C8H10F2N2O.C2H6/c1-6-3-11-7(12-4-6)13-5-8(2,9)10;1-2/h3-4H,5H2,1-2H3;1-2H3. The van der Waals surface area contributed by atoms with E-state index in [-0.39, 0.29) is 6.01 Å². The molecule has 0 aliphatic heterocycles. The summed E-state index contributed by atoms with van der Waals surface area (Å²) in [5, 5.41) is 0. The largest absolute Gasteiger partial charge is 0.457 e. The van der Waals surface area contributed by atoms with E-state index in [1.54, 1.807) is 6.92 Å². The van der Waals surface area contributed by atoms with Crippen LogP contribution in [0.5, 0.6) is 6.01 Å². The third-order valence-electron chi connectivity index (χ3n) is 1.21. The molecular weight excluding hydrogens is 202 g/mol. The lowest BCUT2D eigenvalue weighted by atomic mass is 10.4. The molecular formula is C10H16F2N2O. The van der Waals surface area contributed by atoms with Gasteiger partial charge in [-0.05, 0) is 12.5 Å². The zero-order valence-corrected chi connectivity index (χ0v) is 9.42. The highest BCUT2D eigenvalue weighted by atomic mass is 19.3. The Morgan fingerprint density at radius 1 is 1.27 bits per heavy atom. The van der Waals surface area contributed by atoms with Crippen molar-refractivity contribution in [2.75, 3.05) is 6.61 Å². The fraction of sp³-hybridized carbons (Fsp3) is 0.600. The topological polar surface area (TPSA) is 35.0 Å². The first-order valence-electron chi connectivity index (χ1n) is 4.77. The number of hydrogen-bond donors (Lipinski definition) is 0. The van der Waals surface area contributed by atoms with Gasteiger partial charge in [-0.3, -0.25) is 0 Å². The number of rotatable bonds is 3. The van der Waals surface area contributed by atoms with Crippen LogP contribution in [0.2, 0.25) is 0 Å². The summed E-state index contributed by atoms with van der Waals surface area (Å²) in [6, 6.07) is -0.0212. The molecule has 0 aliphatic rings. The zero-order valence-electron chi connectivity index (χ0n) is 9.42. The van der Waals surface area contributed by atoms with Crippen LogP contribution in [0.4, 0.5) is 8.78 Å². The Bertz CT molecular complexity index is 270. The molecule has 3 nitrogen and oxygen atoms in total. The van der Waals surface area contributed by atoms with E-state index in [1.807, 2.05) is 13.8 Å². The van der Waals surface area contributed by atoms with E-state index in [9.17, 15) is 8.78 Å². The number of aryl methyl sites for hydroxylation is 1. The summed E-state index contributed by atoms with van der Waals surface area (Å²) in [4.78, 5) is 7.43. The Morgan fingerprint density at radius 3 is 2.13 bits per heavy atom. The molecule has 0 amide bonds. The predicted octanol–water partition coefficient (Wildman–Crippen LogP) is 2.85. The van der Waals surface area contributed by atoms with Gasteiger partial charge in [-0.15, -0.1) is 0 Å². The summed E-state index contributed by atoms with van der Waals surface area (Å²) in [6.45, 7) is 5.88. The number of alkyl halides is 2. The first-order valence-corrected chi connectivity index (χ1v) is 4.77. The Balaban J connectivity index is 0.000000921. The van der Waals surface area contributed by atoms with Crippen molar-refractivity contribution in [3.8, 4) is 6.01 Å². The molecule has 86 valence electrons. The molecule has 0 fully saturated rings. The van der Waals surface area contributed by atoms with Crippen LogP contribution in [0.25, 0.3) is 0 Å². The Hall–Kier alpha value is -1.26. The zero-order chi connectivity index (χ0) is 11.9. The third-order valence-corrected chi connectivity index (χ3v) is 1.21. The van der Waals surface area contributed by atoms with Crippen molar-refractivity contribution in [3.05, 3.63) is 18.0 Å². The molecule has 5 heteroatoms. The van der Waals surface area contributed by atoms with Crippen LogP contribution < -0.4 is 4.74 Å². The average molecular weight is 218 g/mol. The van der Waals surface area contributed by atoms with Crippen LogP contribution in [0.15, 0.2) is 12.4 Å². The molecule has 0 bridgehead atoms. The van der Waals surface area contributed by atoms with Crippen LogP contribution in [0, 0.1) is 6.92 Å². The number of nitrogens with zero attached hydrogens (tertiary/aromatic N) is 2. The van der Waals surface area contributed by atoms with Crippen LogP contribution in [-0.4, -0.2) is 22.5 Å². The van der Waals surface area contributed by atoms with Gasteiger partial charge < -0.3 is 4.74 Å². The molecule has 0 radical (unpaired) electrons. The molecule has 0 saturated heterocycles. The van der Waals surface area contributed by atoms with E-state index in [1.165, 1.54) is 12.4 Å².